The minimum atomic E-state index is -0.117. The molecule has 0 aromatic carbocycles. The Hall–Kier alpha value is -0.690. The van der Waals surface area contributed by atoms with Gasteiger partial charge >= 0.3 is 0 Å². The molecule has 0 bridgehead atoms. The van der Waals surface area contributed by atoms with E-state index in [1.807, 2.05) is 0 Å². The summed E-state index contributed by atoms with van der Waals surface area (Å²) in [6, 6.07) is 0. The van der Waals surface area contributed by atoms with E-state index in [9.17, 15) is 0 Å². The fraction of sp³-hybridized carbons (Fsp3) is 0.800. The van der Waals surface area contributed by atoms with Crippen LogP contribution in [0.4, 0.5) is 5.13 Å². The normalized spacial score (nSPS) is 21.8. The molecule has 6 heteroatoms. The van der Waals surface area contributed by atoms with E-state index in [0.29, 0.717) is 0 Å². The summed E-state index contributed by atoms with van der Waals surface area (Å²) in [5.74, 6) is 0. The maximum absolute atomic E-state index is 5.96. The molecule has 120 valence electrons. The van der Waals surface area contributed by atoms with Gasteiger partial charge in [-0.3, -0.25) is 0 Å². The van der Waals surface area contributed by atoms with E-state index in [0.717, 1.165) is 43.6 Å². The number of hydrogen-bond donors (Lipinski definition) is 1. The van der Waals surface area contributed by atoms with Gasteiger partial charge in [-0.2, -0.15) is 0 Å². The lowest BCUT2D eigenvalue weighted by Gasteiger charge is -2.41. The van der Waals surface area contributed by atoms with E-state index in [-0.39, 0.29) is 11.7 Å². The van der Waals surface area contributed by atoms with Gasteiger partial charge in [0, 0.05) is 38.2 Å². The van der Waals surface area contributed by atoms with Crippen LogP contribution in [0.25, 0.3) is 0 Å². The molecule has 1 saturated heterocycles. The van der Waals surface area contributed by atoms with Gasteiger partial charge < -0.3 is 19.7 Å². The summed E-state index contributed by atoms with van der Waals surface area (Å²) in [5, 5.41) is 4.50. The molecule has 0 radical (unpaired) electrons. The van der Waals surface area contributed by atoms with Crippen LogP contribution in [-0.2, 0) is 16.0 Å². The molecular weight excluding hydrogens is 286 g/mol. The molecule has 1 aromatic heterocycles. The number of methoxy groups -OCH3 is 1. The fourth-order valence-electron chi connectivity index (χ4n) is 2.69. The van der Waals surface area contributed by atoms with Gasteiger partial charge in [-0.15, -0.1) is 11.3 Å². The summed E-state index contributed by atoms with van der Waals surface area (Å²) in [5.41, 5.74) is 1.01. The second-order valence-electron chi connectivity index (χ2n) is 6.24. The number of nitrogens with one attached hydrogen (secondary N) is 1. The van der Waals surface area contributed by atoms with Gasteiger partial charge in [0.15, 0.2) is 5.13 Å². The van der Waals surface area contributed by atoms with Crippen molar-refractivity contribution in [3.63, 3.8) is 0 Å². The topological polar surface area (TPSA) is 46.6 Å². The van der Waals surface area contributed by atoms with Gasteiger partial charge in [-0.25, -0.2) is 4.98 Å². The summed E-state index contributed by atoms with van der Waals surface area (Å²) in [4.78, 5) is 8.41. The predicted octanol–water partition coefficient (Wildman–Crippen LogP) is 2.19. The number of hydrogen-bond acceptors (Lipinski definition) is 6. The lowest BCUT2D eigenvalue weighted by Crippen LogP contribution is -2.52. The first kappa shape index (κ1) is 16.7. The number of morpholine rings is 1. The largest absolute Gasteiger partial charge is 0.383 e. The third-order valence-corrected chi connectivity index (χ3v) is 4.71. The van der Waals surface area contributed by atoms with Crippen LogP contribution in [0.15, 0.2) is 0 Å². The molecule has 1 aromatic rings. The van der Waals surface area contributed by atoms with Crippen molar-refractivity contribution >= 4 is 16.5 Å². The third-order valence-electron chi connectivity index (χ3n) is 3.49. The van der Waals surface area contributed by atoms with Crippen LogP contribution in [0, 0.1) is 6.92 Å². The van der Waals surface area contributed by atoms with Gasteiger partial charge in [0.2, 0.25) is 0 Å². The third kappa shape index (κ3) is 4.64. The van der Waals surface area contributed by atoms with E-state index in [2.05, 4.69) is 37.9 Å². The average Bonchev–Trinajstić information content (AvgIpc) is 2.74. The number of aromatic nitrogens is 1. The Morgan fingerprint density at radius 2 is 2.29 bits per heavy atom. The van der Waals surface area contributed by atoms with Crippen LogP contribution in [0.1, 0.15) is 31.3 Å². The van der Waals surface area contributed by atoms with Crippen LogP contribution in [0.3, 0.4) is 0 Å². The molecule has 1 unspecified atom stereocenters. The monoisotopic (exact) mass is 313 g/mol. The van der Waals surface area contributed by atoms with Crippen molar-refractivity contribution in [2.45, 2.75) is 45.9 Å². The van der Waals surface area contributed by atoms with Crippen LogP contribution >= 0.6 is 11.3 Å². The zero-order valence-corrected chi connectivity index (χ0v) is 14.5. The quantitative estimate of drug-likeness (QED) is 0.816. The molecule has 0 saturated carbocycles. The maximum atomic E-state index is 5.96. The highest BCUT2D eigenvalue weighted by Gasteiger charge is 2.32. The van der Waals surface area contributed by atoms with E-state index in [1.165, 1.54) is 4.88 Å². The molecule has 1 fully saturated rings. The van der Waals surface area contributed by atoms with Crippen molar-refractivity contribution in [2.24, 2.45) is 0 Å². The lowest BCUT2D eigenvalue weighted by atomic mass is 10.1. The molecule has 1 N–H and O–H groups in total. The molecule has 21 heavy (non-hydrogen) atoms. The van der Waals surface area contributed by atoms with Crippen LogP contribution in [0.5, 0.6) is 0 Å². The van der Waals surface area contributed by atoms with Crippen LogP contribution in [0.2, 0.25) is 0 Å². The van der Waals surface area contributed by atoms with Gasteiger partial charge in [0.05, 0.1) is 24.0 Å². The van der Waals surface area contributed by atoms with Crippen molar-refractivity contribution < 1.29 is 9.47 Å². The van der Waals surface area contributed by atoms with E-state index >= 15 is 0 Å². The molecule has 2 heterocycles. The Labute approximate surface area is 131 Å². The smallest absolute Gasteiger partial charge is 0.186 e. The molecule has 1 atom stereocenters. The highest BCUT2D eigenvalue weighted by Crippen LogP contribution is 2.31. The molecule has 0 spiro atoms. The van der Waals surface area contributed by atoms with Crippen molar-refractivity contribution in [2.75, 3.05) is 38.3 Å². The molecule has 1 aliphatic rings. The number of nitrogens with zero attached hydrogens (tertiary/aromatic N) is 2. The van der Waals surface area contributed by atoms with Crippen molar-refractivity contribution in [1.82, 2.24) is 10.3 Å². The maximum Gasteiger partial charge on any atom is 0.186 e. The number of anilines is 1. The minimum Gasteiger partial charge on any atom is -0.383 e. The number of rotatable bonds is 6. The zero-order chi connectivity index (χ0) is 15.5. The Bertz CT molecular complexity index is 462. The van der Waals surface area contributed by atoms with E-state index in [1.54, 1.807) is 18.4 Å². The Balaban J connectivity index is 2.00. The van der Waals surface area contributed by atoms with E-state index in [4.69, 9.17) is 14.5 Å². The standard InChI is InChI=1S/C15H27N3O2S/c1-11-9-18(10-15(3,4)20-11)14-17-12(2)13(21-14)8-16-6-7-19-5/h11,16H,6-10H2,1-5H3. The molecule has 0 amide bonds. The van der Waals surface area contributed by atoms with Gasteiger partial charge in [-0.05, 0) is 27.7 Å². The second-order valence-corrected chi connectivity index (χ2v) is 7.31. The van der Waals surface area contributed by atoms with E-state index < -0.39 is 0 Å². The SMILES string of the molecule is COCCNCc1sc(N2CC(C)OC(C)(C)C2)nc1C. The summed E-state index contributed by atoms with van der Waals surface area (Å²) < 4.78 is 11.0. The number of ether oxygens (including phenoxy) is 2. The van der Waals surface area contributed by atoms with Crippen LogP contribution < -0.4 is 10.2 Å². The summed E-state index contributed by atoms with van der Waals surface area (Å²) in [6.07, 6.45) is 0.237. The first-order chi connectivity index (χ1) is 9.91. The zero-order valence-electron chi connectivity index (χ0n) is 13.7. The molecule has 1 aliphatic heterocycles. The highest BCUT2D eigenvalue weighted by atomic mass is 32.1. The number of thiazole rings is 1. The fourth-order valence-corrected chi connectivity index (χ4v) is 3.73. The Kier molecular flexibility index (Phi) is 5.60. The molecule has 5 nitrogen and oxygen atoms in total. The minimum absolute atomic E-state index is 0.117. The van der Waals surface area contributed by atoms with Crippen molar-refractivity contribution in [1.29, 1.82) is 0 Å². The molecule has 0 aliphatic carbocycles. The second kappa shape index (κ2) is 7.05. The highest BCUT2D eigenvalue weighted by molar-refractivity contribution is 7.15. The van der Waals surface area contributed by atoms with Gasteiger partial charge in [-0.1, -0.05) is 0 Å². The average molecular weight is 313 g/mol. The number of aryl methyl sites for hydroxylation is 1. The molecule has 2 rings (SSSR count). The first-order valence-corrected chi connectivity index (χ1v) is 8.31. The van der Waals surface area contributed by atoms with Crippen molar-refractivity contribution in [3.8, 4) is 0 Å². The van der Waals surface area contributed by atoms with Crippen LogP contribution in [-0.4, -0.2) is 50.0 Å². The summed E-state index contributed by atoms with van der Waals surface area (Å²) in [7, 11) is 1.72. The first-order valence-electron chi connectivity index (χ1n) is 7.50. The Morgan fingerprint density at radius 1 is 1.52 bits per heavy atom. The van der Waals surface area contributed by atoms with Gasteiger partial charge in [0.25, 0.3) is 0 Å². The Morgan fingerprint density at radius 3 is 2.95 bits per heavy atom. The predicted molar refractivity (Wildman–Crippen MR) is 87.3 cm³/mol. The summed E-state index contributed by atoms with van der Waals surface area (Å²) >= 11 is 1.78. The molecular formula is C15H27N3O2S. The lowest BCUT2D eigenvalue weighted by molar-refractivity contribution is -0.0749. The summed E-state index contributed by atoms with van der Waals surface area (Å²) in [6.45, 7) is 12.8. The van der Waals surface area contributed by atoms with Crippen molar-refractivity contribution in [3.05, 3.63) is 10.6 Å². The van der Waals surface area contributed by atoms with Gasteiger partial charge in [0.1, 0.15) is 0 Å².